The summed E-state index contributed by atoms with van der Waals surface area (Å²) >= 11 is 0. The summed E-state index contributed by atoms with van der Waals surface area (Å²) in [6, 6.07) is 7.09. The molecule has 0 spiro atoms. The van der Waals surface area contributed by atoms with Gasteiger partial charge in [0.05, 0.1) is 0 Å². The quantitative estimate of drug-likeness (QED) is 0.885. The lowest BCUT2D eigenvalue weighted by atomic mass is 10.0. The fraction of sp³-hybridized carbons (Fsp3) is 0.562. The molecule has 2 fully saturated rings. The van der Waals surface area contributed by atoms with E-state index in [1.807, 2.05) is 18.2 Å². The molecular formula is C16H23N3O. The predicted molar refractivity (Wildman–Crippen MR) is 81.2 cm³/mol. The van der Waals surface area contributed by atoms with Crippen LogP contribution in [0.15, 0.2) is 18.2 Å². The van der Waals surface area contributed by atoms with Gasteiger partial charge in [0, 0.05) is 36.9 Å². The Morgan fingerprint density at radius 3 is 2.95 bits per heavy atom. The molecule has 2 heterocycles. The molecule has 4 heteroatoms. The van der Waals surface area contributed by atoms with Gasteiger partial charge in [-0.05, 0) is 50.4 Å². The fourth-order valence-corrected chi connectivity index (χ4v) is 3.51. The van der Waals surface area contributed by atoms with Gasteiger partial charge in [0.25, 0.3) is 5.91 Å². The van der Waals surface area contributed by atoms with E-state index < -0.39 is 0 Å². The van der Waals surface area contributed by atoms with Crippen LogP contribution in [0.1, 0.15) is 35.2 Å². The van der Waals surface area contributed by atoms with E-state index in [1.165, 1.54) is 37.9 Å². The first-order valence-corrected chi connectivity index (χ1v) is 7.52. The minimum atomic E-state index is -0.0260. The van der Waals surface area contributed by atoms with Gasteiger partial charge in [0.1, 0.15) is 0 Å². The second-order valence-corrected chi connectivity index (χ2v) is 5.89. The maximum absolute atomic E-state index is 11.7. The van der Waals surface area contributed by atoms with E-state index in [1.54, 1.807) is 7.05 Å². The van der Waals surface area contributed by atoms with Crippen molar-refractivity contribution in [2.45, 2.75) is 38.3 Å². The highest BCUT2D eigenvalue weighted by atomic mass is 16.1. The van der Waals surface area contributed by atoms with Crippen molar-refractivity contribution in [1.82, 2.24) is 10.2 Å². The molecule has 2 unspecified atom stereocenters. The molecule has 1 aromatic carbocycles. The summed E-state index contributed by atoms with van der Waals surface area (Å²) in [5.74, 6) is -0.0260. The normalized spacial score (nSPS) is 25.5. The molecule has 4 nitrogen and oxygen atoms in total. The number of anilines is 1. The van der Waals surface area contributed by atoms with E-state index in [9.17, 15) is 4.79 Å². The summed E-state index contributed by atoms with van der Waals surface area (Å²) in [5, 5.41) is 6.36. The smallest absolute Gasteiger partial charge is 0.251 e. The van der Waals surface area contributed by atoms with Crippen molar-refractivity contribution in [2.75, 3.05) is 25.5 Å². The van der Waals surface area contributed by atoms with Crippen molar-refractivity contribution in [3.63, 3.8) is 0 Å². The molecule has 0 aromatic heterocycles. The van der Waals surface area contributed by atoms with Gasteiger partial charge in [-0.15, -0.1) is 0 Å². The lowest BCUT2D eigenvalue weighted by molar-refractivity contribution is 0.0963. The van der Waals surface area contributed by atoms with Gasteiger partial charge in [-0.1, -0.05) is 6.07 Å². The molecule has 108 valence electrons. The maximum atomic E-state index is 11.7. The zero-order valence-electron chi connectivity index (χ0n) is 12.3. The van der Waals surface area contributed by atoms with Crippen molar-refractivity contribution in [2.24, 2.45) is 0 Å². The van der Waals surface area contributed by atoms with E-state index in [0.717, 1.165) is 11.3 Å². The standard InChI is InChI=1S/C16H23N3O/c1-11-5-6-12(16(20)17-2)10-14(11)18-13-7-9-19-8-3-4-15(13)19/h5-6,10,13,15,18H,3-4,7-9H2,1-2H3,(H,17,20). The number of nitrogens with one attached hydrogen (secondary N) is 2. The number of amides is 1. The number of hydrogen-bond donors (Lipinski definition) is 2. The molecule has 3 rings (SSSR count). The second-order valence-electron chi connectivity index (χ2n) is 5.89. The summed E-state index contributed by atoms with van der Waals surface area (Å²) in [7, 11) is 1.67. The van der Waals surface area contributed by atoms with Gasteiger partial charge in [-0.3, -0.25) is 9.69 Å². The third-order valence-corrected chi connectivity index (χ3v) is 4.67. The zero-order valence-corrected chi connectivity index (χ0v) is 12.3. The van der Waals surface area contributed by atoms with Crippen molar-refractivity contribution in [1.29, 1.82) is 0 Å². The molecule has 0 saturated carbocycles. The third kappa shape index (κ3) is 2.40. The van der Waals surface area contributed by atoms with Crippen LogP contribution in [0.5, 0.6) is 0 Å². The van der Waals surface area contributed by atoms with Crippen molar-refractivity contribution >= 4 is 11.6 Å². The van der Waals surface area contributed by atoms with Crippen molar-refractivity contribution in [3.8, 4) is 0 Å². The van der Waals surface area contributed by atoms with E-state index in [2.05, 4.69) is 22.5 Å². The molecule has 20 heavy (non-hydrogen) atoms. The molecule has 0 radical (unpaired) electrons. The van der Waals surface area contributed by atoms with Crippen LogP contribution in [-0.2, 0) is 0 Å². The predicted octanol–water partition coefficient (Wildman–Crippen LogP) is 2.00. The Hall–Kier alpha value is -1.55. The minimum absolute atomic E-state index is 0.0260. The van der Waals surface area contributed by atoms with Gasteiger partial charge in [-0.2, -0.15) is 0 Å². The van der Waals surface area contributed by atoms with Crippen LogP contribution < -0.4 is 10.6 Å². The molecule has 2 atom stereocenters. The Labute approximate surface area is 120 Å². The van der Waals surface area contributed by atoms with Crippen molar-refractivity contribution < 1.29 is 4.79 Å². The number of hydrogen-bond acceptors (Lipinski definition) is 3. The maximum Gasteiger partial charge on any atom is 0.251 e. The third-order valence-electron chi connectivity index (χ3n) is 4.67. The highest BCUT2D eigenvalue weighted by molar-refractivity contribution is 5.95. The highest BCUT2D eigenvalue weighted by Crippen LogP contribution is 2.31. The number of benzene rings is 1. The van der Waals surface area contributed by atoms with Gasteiger partial charge >= 0.3 is 0 Å². The lowest BCUT2D eigenvalue weighted by Gasteiger charge is -2.23. The number of fused-ring (bicyclic) bond motifs is 1. The summed E-state index contributed by atoms with van der Waals surface area (Å²) < 4.78 is 0. The monoisotopic (exact) mass is 273 g/mol. The van der Waals surface area contributed by atoms with Crippen LogP contribution in [0.3, 0.4) is 0 Å². The average Bonchev–Trinajstić information content (AvgIpc) is 3.05. The first kappa shape index (κ1) is 13.4. The Bertz CT molecular complexity index is 514. The second kappa shape index (κ2) is 5.44. The molecule has 1 aromatic rings. The topological polar surface area (TPSA) is 44.4 Å². The summed E-state index contributed by atoms with van der Waals surface area (Å²) in [4.78, 5) is 14.3. The summed E-state index contributed by atoms with van der Waals surface area (Å²) in [6.07, 6.45) is 3.82. The molecule has 2 aliphatic rings. The molecule has 0 bridgehead atoms. The van der Waals surface area contributed by atoms with E-state index in [-0.39, 0.29) is 5.91 Å². The lowest BCUT2D eigenvalue weighted by Crippen LogP contribution is -2.34. The van der Waals surface area contributed by atoms with Crippen LogP contribution in [0.25, 0.3) is 0 Å². The van der Waals surface area contributed by atoms with Crippen LogP contribution in [0.4, 0.5) is 5.69 Å². The number of rotatable bonds is 3. The number of aryl methyl sites for hydroxylation is 1. The van der Waals surface area contributed by atoms with E-state index in [4.69, 9.17) is 0 Å². The van der Waals surface area contributed by atoms with Gasteiger partial charge in [0.2, 0.25) is 0 Å². The van der Waals surface area contributed by atoms with Crippen LogP contribution in [0.2, 0.25) is 0 Å². The van der Waals surface area contributed by atoms with Crippen LogP contribution in [-0.4, -0.2) is 43.0 Å². The van der Waals surface area contributed by atoms with Gasteiger partial charge in [-0.25, -0.2) is 0 Å². The highest BCUT2D eigenvalue weighted by Gasteiger charge is 2.37. The van der Waals surface area contributed by atoms with E-state index >= 15 is 0 Å². The number of carbonyl (C=O) groups excluding carboxylic acids is 1. The first-order valence-electron chi connectivity index (χ1n) is 7.52. The number of nitrogens with zero attached hydrogens (tertiary/aromatic N) is 1. The first-order chi connectivity index (χ1) is 9.69. The SMILES string of the molecule is CNC(=O)c1ccc(C)c(NC2CCN3CCCC23)c1. The Kier molecular flexibility index (Phi) is 3.66. The average molecular weight is 273 g/mol. The molecule has 2 N–H and O–H groups in total. The minimum Gasteiger partial charge on any atom is -0.380 e. The van der Waals surface area contributed by atoms with E-state index in [0.29, 0.717) is 12.1 Å². The molecular weight excluding hydrogens is 250 g/mol. The van der Waals surface area contributed by atoms with Gasteiger partial charge in [0.15, 0.2) is 0 Å². The van der Waals surface area contributed by atoms with Crippen LogP contribution >= 0.6 is 0 Å². The summed E-state index contributed by atoms with van der Waals surface area (Å²) in [5.41, 5.74) is 3.03. The van der Waals surface area contributed by atoms with Gasteiger partial charge < -0.3 is 10.6 Å². The zero-order chi connectivity index (χ0) is 14.1. The van der Waals surface area contributed by atoms with Crippen LogP contribution in [0, 0.1) is 6.92 Å². The Balaban J connectivity index is 1.78. The molecule has 1 amide bonds. The molecule has 2 saturated heterocycles. The molecule has 0 aliphatic carbocycles. The Morgan fingerprint density at radius 1 is 1.30 bits per heavy atom. The van der Waals surface area contributed by atoms with Crippen molar-refractivity contribution in [3.05, 3.63) is 29.3 Å². The molecule has 2 aliphatic heterocycles. The number of carbonyl (C=O) groups is 1. The largest absolute Gasteiger partial charge is 0.380 e. The Morgan fingerprint density at radius 2 is 2.15 bits per heavy atom. The summed E-state index contributed by atoms with van der Waals surface area (Å²) in [6.45, 7) is 4.55. The fourth-order valence-electron chi connectivity index (χ4n) is 3.51.